The van der Waals surface area contributed by atoms with Crippen LogP contribution < -0.4 is 4.90 Å². The van der Waals surface area contributed by atoms with Gasteiger partial charge in [-0.1, -0.05) is 6.92 Å². The Bertz CT molecular complexity index is 461. The van der Waals surface area contributed by atoms with E-state index in [-0.39, 0.29) is 17.9 Å². The molecule has 19 heavy (non-hydrogen) atoms. The second-order valence-electron chi connectivity index (χ2n) is 4.21. The van der Waals surface area contributed by atoms with Crippen molar-refractivity contribution in [2.75, 3.05) is 18.0 Å². The first kappa shape index (κ1) is 15.3. The van der Waals surface area contributed by atoms with Crippen LogP contribution in [0.1, 0.15) is 29.3 Å². The molecule has 0 saturated heterocycles. The molecule has 1 aromatic heterocycles. The molecule has 106 valence electrons. The van der Waals surface area contributed by atoms with E-state index in [2.05, 4.69) is 4.98 Å². The van der Waals surface area contributed by atoms with Gasteiger partial charge in [-0.05, 0) is 25.0 Å². The second-order valence-corrected chi connectivity index (χ2v) is 4.21. The van der Waals surface area contributed by atoms with Gasteiger partial charge in [-0.3, -0.25) is 0 Å². The Kier molecular flexibility index (Phi) is 4.74. The molecule has 0 atom stereocenters. The van der Waals surface area contributed by atoms with Crippen molar-refractivity contribution in [2.45, 2.75) is 26.4 Å². The first-order valence-electron chi connectivity index (χ1n) is 5.76. The third-order valence-corrected chi connectivity index (χ3v) is 2.46. The summed E-state index contributed by atoms with van der Waals surface area (Å²) in [6, 6.07) is 1.32. The van der Waals surface area contributed by atoms with Crippen LogP contribution in [0.3, 0.4) is 0 Å². The topological polar surface area (TPSA) is 53.4 Å². The molecule has 0 spiro atoms. The number of pyridine rings is 1. The van der Waals surface area contributed by atoms with Gasteiger partial charge < -0.3 is 10.0 Å². The molecule has 7 heteroatoms. The monoisotopic (exact) mass is 276 g/mol. The fourth-order valence-electron chi connectivity index (χ4n) is 1.76. The minimum Gasteiger partial charge on any atom is -0.478 e. The summed E-state index contributed by atoms with van der Waals surface area (Å²) in [5.41, 5.74) is 0.377. The van der Waals surface area contributed by atoms with E-state index < -0.39 is 18.7 Å². The van der Waals surface area contributed by atoms with Crippen LogP contribution in [0.25, 0.3) is 0 Å². The molecular formula is C12H15F3N2O2. The van der Waals surface area contributed by atoms with Gasteiger partial charge in [0.15, 0.2) is 0 Å². The molecule has 0 amide bonds. The van der Waals surface area contributed by atoms with Gasteiger partial charge in [-0.15, -0.1) is 0 Å². The number of carboxylic acids is 1. The summed E-state index contributed by atoms with van der Waals surface area (Å²) >= 11 is 0. The van der Waals surface area contributed by atoms with Crippen molar-refractivity contribution in [1.29, 1.82) is 0 Å². The maximum absolute atomic E-state index is 12.5. The summed E-state index contributed by atoms with van der Waals surface area (Å²) in [5, 5.41) is 8.79. The number of hydrogen-bond donors (Lipinski definition) is 1. The number of halogens is 3. The Balaban J connectivity index is 3.06. The molecule has 0 aliphatic carbocycles. The summed E-state index contributed by atoms with van der Waals surface area (Å²) < 4.78 is 37.5. The second kappa shape index (κ2) is 5.90. The van der Waals surface area contributed by atoms with E-state index >= 15 is 0 Å². The molecule has 0 radical (unpaired) electrons. The van der Waals surface area contributed by atoms with E-state index in [9.17, 15) is 18.0 Å². The van der Waals surface area contributed by atoms with E-state index in [0.717, 1.165) is 11.1 Å². The highest BCUT2D eigenvalue weighted by Crippen LogP contribution is 2.24. The van der Waals surface area contributed by atoms with Crippen LogP contribution in [0.4, 0.5) is 19.0 Å². The van der Waals surface area contributed by atoms with E-state index in [1.165, 1.54) is 6.07 Å². The zero-order valence-corrected chi connectivity index (χ0v) is 10.7. The SMILES string of the molecule is CCCN(CC(F)(F)F)c1ncc(C(=O)O)cc1C. The van der Waals surface area contributed by atoms with Gasteiger partial charge >= 0.3 is 12.1 Å². The van der Waals surface area contributed by atoms with E-state index in [0.29, 0.717) is 12.0 Å². The molecular weight excluding hydrogens is 261 g/mol. The van der Waals surface area contributed by atoms with Crippen LogP contribution in [-0.2, 0) is 0 Å². The molecule has 0 fully saturated rings. The van der Waals surface area contributed by atoms with Gasteiger partial charge in [0.05, 0.1) is 5.56 Å². The van der Waals surface area contributed by atoms with Crippen LogP contribution in [-0.4, -0.2) is 35.3 Å². The summed E-state index contributed by atoms with van der Waals surface area (Å²) in [6.45, 7) is 2.43. The van der Waals surface area contributed by atoms with Crippen molar-refractivity contribution < 1.29 is 23.1 Å². The third-order valence-electron chi connectivity index (χ3n) is 2.46. The first-order valence-corrected chi connectivity index (χ1v) is 5.76. The molecule has 1 rings (SSSR count). The molecule has 1 N–H and O–H groups in total. The van der Waals surface area contributed by atoms with Crippen LogP contribution in [0.15, 0.2) is 12.3 Å². The zero-order valence-electron chi connectivity index (χ0n) is 10.7. The number of aromatic carboxylic acids is 1. The molecule has 0 unspecified atom stereocenters. The molecule has 0 aliphatic heterocycles. The van der Waals surface area contributed by atoms with Crippen LogP contribution in [0.5, 0.6) is 0 Å². The minimum absolute atomic E-state index is 0.0373. The number of carbonyl (C=O) groups is 1. The molecule has 1 aromatic rings. The first-order chi connectivity index (χ1) is 8.74. The average Bonchev–Trinajstić information content (AvgIpc) is 2.26. The van der Waals surface area contributed by atoms with Gasteiger partial charge in [-0.2, -0.15) is 13.2 Å². The third kappa shape index (κ3) is 4.42. The number of anilines is 1. The summed E-state index contributed by atoms with van der Waals surface area (Å²) in [4.78, 5) is 15.7. The lowest BCUT2D eigenvalue weighted by molar-refractivity contribution is -0.119. The highest BCUT2D eigenvalue weighted by Gasteiger charge is 2.31. The minimum atomic E-state index is -4.32. The standard InChI is InChI=1S/C12H15F3N2O2/c1-3-4-17(7-12(13,14)15)10-8(2)5-9(6-16-10)11(18)19/h5-6H,3-4,7H2,1-2H3,(H,18,19). The predicted octanol–water partition coefficient (Wildman–Crippen LogP) is 2.87. The van der Waals surface area contributed by atoms with Crippen LogP contribution in [0.2, 0.25) is 0 Å². The van der Waals surface area contributed by atoms with Crippen LogP contribution >= 0.6 is 0 Å². The average molecular weight is 276 g/mol. The van der Waals surface area contributed by atoms with Crippen molar-refractivity contribution in [3.8, 4) is 0 Å². The maximum Gasteiger partial charge on any atom is 0.405 e. The predicted molar refractivity (Wildman–Crippen MR) is 64.5 cm³/mol. The zero-order chi connectivity index (χ0) is 14.6. The lowest BCUT2D eigenvalue weighted by Crippen LogP contribution is -2.36. The van der Waals surface area contributed by atoms with E-state index in [1.807, 2.05) is 0 Å². The van der Waals surface area contributed by atoms with E-state index in [4.69, 9.17) is 5.11 Å². The van der Waals surface area contributed by atoms with Crippen molar-refractivity contribution in [1.82, 2.24) is 4.98 Å². The largest absolute Gasteiger partial charge is 0.478 e. The Morgan fingerprint density at radius 2 is 2.11 bits per heavy atom. The molecule has 0 saturated carbocycles. The van der Waals surface area contributed by atoms with Crippen molar-refractivity contribution in [2.24, 2.45) is 0 Å². The Labute approximate surface area is 108 Å². The smallest absolute Gasteiger partial charge is 0.405 e. The number of alkyl halides is 3. The lowest BCUT2D eigenvalue weighted by atomic mass is 10.2. The fourth-order valence-corrected chi connectivity index (χ4v) is 1.76. The number of rotatable bonds is 5. The highest BCUT2D eigenvalue weighted by molar-refractivity contribution is 5.87. The van der Waals surface area contributed by atoms with Gasteiger partial charge in [0, 0.05) is 12.7 Å². The maximum atomic E-state index is 12.5. The molecule has 0 aliphatic rings. The van der Waals surface area contributed by atoms with Gasteiger partial charge in [0.25, 0.3) is 0 Å². The quantitative estimate of drug-likeness (QED) is 0.898. The van der Waals surface area contributed by atoms with E-state index in [1.54, 1.807) is 13.8 Å². The Hall–Kier alpha value is -1.79. The van der Waals surface area contributed by atoms with Gasteiger partial charge in [-0.25, -0.2) is 9.78 Å². The Morgan fingerprint density at radius 3 is 2.53 bits per heavy atom. The molecule has 0 aromatic carbocycles. The number of hydrogen-bond acceptors (Lipinski definition) is 3. The number of aryl methyl sites for hydroxylation is 1. The number of carboxylic acid groups (broad SMARTS) is 1. The highest BCUT2D eigenvalue weighted by atomic mass is 19.4. The van der Waals surface area contributed by atoms with Crippen molar-refractivity contribution in [3.05, 3.63) is 23.4 Å². The van der Waals surface area contributed by atoms with Crippen LogP contribution in [0, 0.1) is 6.92 Å². The van der Waals surface area contributed by atoms with Gasteiger partial charge in [0.1, 0.15) is 12.4 Å². The summed E-state index contributed by atoms with van der Waals surface area (Å²) in [6.07, 6.45) is -2.71. The number of aromatic nitrogens is 1. The number of nitrogens with zero attached hydrogens (tertiary/aromatic N) is 2. The van der Waals surface area contributed by atoms with Crippen molar-refractivity contribution >= 4 is 11.8 Å². The summed E-state index contributed by atoms with van der Waals surface area (Å²) in [7, 11) is 0. The lowest BCUT2D eigenvalue weighted by Gasteiger charge is -2.25. The van der Waals surface area contributed by atoms with Crippen molar-refractivity contribution in [3.63, 3.8) is 0 Å². The summed E-state index contributed by atoms with van der Waals surface area (Å²) in [5.74, 6) is -0.982. The normalized spacial score (nSPS) is 11.4. The van der Waals surface area contributed by atoms with Gasteiger partial charge in [0.2, 0.25) is 0 Å². The molecule has 4 nitrogen and oxygen atoms in total. The Morgan fingerprint density at radius 1 is 1.47 bits per heavy atom. The molecule has 1 heterocycles. The fraction of sp³-hybridized carbons (Fsp3) is 0.500. The molecule has 0 bridgehead atoms.